The Morgan fingerprint density at radius 3 is 2.82 bits per heavy atom. The van der Waals surface area contributed by atoms with Gasteiger partial charge in [0.25, 0.3) is 0 Å². The molecule has 2 nitrogen and oxygen atoms in total. The van der Waals surface area contributed by atoms with E-state index in [0.717, 1.165) is 10.5 Å². The predicted molar refractivity (Wildman–Crippen MR) is 72.3 cm³/mol. The maximum Gasteiger partial charge on any atom is 0.0907 e. The zero-order valence-corrected chi connectivity index (χ0v) is 10.6. The van der Waals surface area contributed by atoms with Gasteiger partial charge in [-0.15, -0.1) is 11.3 Å². The van der Waals surface area contributed by atoms with E-state index in [4.69, 9.17) is 0 Å². The van der Waals surface area contributed by atoms with Gasteiger partial charge in [0.2, 0.25) is 0 Å². The van der Waals surface area contributed by atoms with Crippen LogP contribution in [0.3, 0.4) is 0 Å². The number of pyridine rings is 1. The fraction of sp³-hybridized carbons (Fsp3) is 0.143. The average Bonchev–Trinajstić information content (AvgIpc) is 2.68. The lowest BCUT2D eigenvalue weighted by Crippen LogP contribution is -1.84. The van der Waals surface area contributed by atoms with E-state index in [-0.39, 0.29) is 0 Å². The molecule has 0 aliphatic carbocycles. The summed E-state index contributed by atoms with van der Waals surface area (Å²) in [6.45, 7) is 4.15. The largest absolute Gasteiger partial charge is 0.264 e. The molecule has 3 rings (SSSR count). The molecule has 3 heteroatoms. The highest BCUT2D eigenvalue weighted by molar-refractivity contribution is 7.18. The quantitative estimate of drug-likeness (QED) is 0.643. The molecule has 0 fully saturated rings. The van der Waals surface area contributed by atoms with Crippen molar-refractivity contribution in [3.05, 3.63) is 47.2 Å². The molecule has 84 valence electrons. The van der Waals surface area contributed by atoms with Gasteiger partial charge in [0.1, 0.15) is 0 Å². The lowest BCUT2D eigenvalue weighted by atomic mass is 10.0. The van der Waals surface area contributed by atoms with Gasteiger partial charge in [-0.3, -0.25) is 4.98 Å². The minimum atomic E-state index is 1.08. The van der Waals surface area contributed by atoms with Crippen LogP contribution in [0.2, 0.25) is 0 Å². The van der Waals surface area contributed by atoms with E-state index in [1.165, 1.54) is 21.4 Å². The number of nitrogens with zero attached hydrogens (tertiary/aromatic N) is 2. The van der Waals surface area contributed by atoms with Gasteiger partial charge >= 0.3 is 0 Å². The monoisotopic (exact) mass is 240 g/mol. The number of rotatable bonds is 1. The molecule has 0 bridgehead atoms. The van der Waals surface area contributed by atoms with Crippen molar-refractivity contribution in [1.82, 2.24) is 9.97 Å². The third-order valence-electron chi connectivity index (χ3n) is 2.84. The summed E-state index contributed by atoms with van der Waals surface area (Å²) in [7, 11) is 0. The van der Waals surface area contributed by atoms with Crippen LogP contribution in [0.1, 0.15) is 10.6 Å². The summed E-state index contributed by atoms with van der Waals surface area (Å²) in [4.78, 5) is 8.72. The minimum Gasteiger partial charge on any atom is -0.264 e. The van der Waals surface area contributed by atoms with Gasteiger partial charge in [0, 0.05) is 18.0 Å². The van der Waals surface area contributed by atoms with Gasteiger partial charge in [-0.05, 0) is 43.2 Å². The highest BCUT2D eigenvalue weighted by Gasteiger charge is 2.05. The van der Waals surface area contributed by atoms with Crippen molar-refractivity contribution in [2.24, 2.45) is 0 Å². The molecule has 3 aromatic rings. The maximum atomic E-state index is 4.53. The molecule has 0 saturated heterocycles. The van der Waals surface area contributed by atoms with E-state index < -0.39 is 0 Å². The number of benzene rings is 1. The van der Waals surface area contributed by atoms with Crippen molar-refractivity contribution in [3.63, 3.8) is 0 Å². The van der Waals surface area contributed by atoms with E-state index in [0.29, 0.717) is 0 Å². The summed E-state index contributed by atoms with van der Waals surface area (Å²) in [5, 5.41) is 1.11. The molecule has 0 aliphatic rings. The molecule has 0 aliphatic heterocycles. The first-order valence-electron chi connectivity index (χ1n) is 5.52. The summed E-state index contributed by atoms with van der Waals surface area (Å²) in [5.41, 5.74) is 4.69. The lowest BCUT2D eigenvalue weighted by Gasteiger charge is -2.04. The zero-order chi connectivity index (χ0) is 11.8. The third kappa shape index (κ3) is 1.83. The van der Waals surface area contributed by atoms with Crippen molar-refractivity contribution in [3.8, 4) is 11.1 Å². The van der Waals surface area contributed by atoms with Crippen LogP contribution in [0, 0.1) is 13.8 Å². The van der Waals surface area contributed by atoms with Crippen LogP contribution in [-0.2, 0) is 0 Å². The van der Waals surface area contributed by atoms with Crippen LogP contribution in [0.5, 0.6) is 0 Å². The molecule has 0 amide bonds. The zero-order valence-electron chi connectivity index (χ0n) is 9.77. The van der Waals surface area contributed by atoms with Crippen LogP contribution in [0.15, 0.2) is 36.7 Å². The fourth-order valence-corrected chi connectivity index (χ4v) is 2.78. The Kier molecular flexibility index (Phi) is 2.41. The lowest BCUT2D eigenvalue weighted by molar-refractivity contribution is 1.29. The van der Waals surface area contributed by atoms with Crippen LogP contribution < -0.4 is 0 Å². The van der Waals surface area contributed by atoms with Crippen molar-refractivity contribution >= 4 is 21.6 Å². The second-order valence-corrected chi connectivity index (χ2v) is 5.34. The minimum absolute atomic E-state index is 1.08. The third-order valence-corrected chi connectivity index (χ3v) is 3.80. The second-order valence-electron chi connectivity index (χ2n) is 4.11. The Morgan fingerprint density at radius 2 is 2.00 bits per heavy atom. The number of hydrogen-bond donors (Lipinski definition) is 0. The average molecular weight is 240 g/mol. The van der Waals surface area contributed by atoms with Crippen LogP contribution in [0.25, 0.3) is 21.3 Å². The van der Waals surface area contributed by atoms with E-state index in [2.05, 4.69) is 35.1 Å². The number of aromatic nitrogens is 2. The SMILES string of the molecule is Cc1nc2cc(-c3cnccc3C)ccc2s1. The van der Waals surface area contributed by atoms with Crippen LogP contribution >= 0.6 is 11.3 Å². The molecule has 0 saturated carbocycles. The molecule has 0 unspecified atom stereocenters. The van der Waals surface area contributed by atoms with Gasteiger partial charge < -0.3 is 0 Å². The Morgan fingerprint density at radius 1 is 1.12 bits per heavy atom. The highest BCUT2D eigenvalue weighted by Crippen LogP contribution is 2.28. The Balaban J connectivity index is 2.21. The molecule has 2 aromatic heterocycles. The molecule has 1 aromatic carbocycles. The number of aryl methyl sites for hydroxylation is 2. The van der Waals surface area contributed by atoms with Crippen molar-refractivity contribution < 1.29 is 0 Å². The van der Waals surface area contributed by atoms with Gasteiger partial charge in [-0.2, -0.15) is 0 Å². The normalized spacial score (nSPS) is 10.9. The van der Waals surface area contributed by atoms with E-state index in [9.17, 15) is 0 Å². The molecule has 2 heterocycles. The number of fused-ring (bicyclic) bond motifs is 1. The standard InChI is InChI=1S/C14H12N2S/c1-9-5-6-15-8-12(9)11-3-4-14-13(7-11)16-10(2)17-14/h3-8H,1-2H3. The second kappa shape index (κ2) is 3.93. The van der Waals surface area contributed by atoms with E-state index in [1.807, 2.05) is 25.4 Å². The van der Waals surface area contributed by atoms with E-state index in [1.54, 1.807) is 11.3 Å². The predicted octanol–water partition coefficient (Wildman–Crippen LogP) is 3.98. The number of thiazole rings is 1. The topological polar surface area (TPSA) is 25.8 Å². The van der Waals surface area contributed by atoms with Gasteiger partial charge in [0.05, 0.1) is 15.2 Å². The first-order valence-corrected chi connectivity index (χ1v) is 6.34. The molecular weight excluding hydrogens is 228 g/mol. The summed E-state index contributed by atoms with van der Waals surface area (Å²) in [6, 6.07) is 8.46. The van der Waals surface area contributed by atoms with Gasteiger partial charge in [-0.1, -0.05) is 6.07 Å². The Hall–Kier alpha value is -1.74. The summed E-state index contributed by atoms with van der Waals surface area (Å²) >= 11 is 1.73. The molecule has 17 heavy (non-hydrogen) atoms. The summed E-state index contributed by atoms with van der Waals surface area (Å²) < 4.78 is 1.24. The van der Waals surface area contributed by atoms with Gasteiger partial charge in [-0.25, -0.2) is 4.98 Å². The van der Waals surface area contributed by atoms with Crippen LogP contribution in [-0.4, -0.2) is 9.97 Å². The summed E-state index contributed by atoms with van der Waals surface area (Å²) in [5.74, 6) is 0. The fourth-order valence-electron chi connectivity index (χ4n) is 1.98. The maximum absolute atomic E-state index is 4.53. The van der Waals surface area contributed by atoms with Crippen molar-refractivity contribution in [2.45, 2.75) is 13.8 Å². The van der Waals surface area contributed by atoms with Crippen LogP contribution in [0.4, 0.5) is 0 Å². The Labute approximate surface area is 104 Å². The van der Waals surface area contributed by atoms with Crippen molar-refractivity contribution in [2.75, 3.05) is 0 Å². The van der Waals surface area contributed by atoms with E-state index >= 15 is 0 Å². The summed E-state index contributed by atoms with van der Waals surface area (Å²) in [6.07, 6.45) is 3.74. The molecule has 0 atom stereocenters. The molecular formula is C14H12N2S. The van der Waals surface area contributed by atoms with Crippen molar-refractivity contribution in [1.29, 1.82) is 0 Å². The molecule has 0 spiro atoms. The molecule has 0 radical (unpaired) electrons. The first-order chi connectivity index (χ1) is 8.24. The first kappa shape index (κ1) is 10.4. The van der Waals surface area contributed by atoms with Gasteiger partial charge in [0.15, 0.2) is 0 Å². The smallest absolute Gasteiger partial charge is 0.0907 e. The number of hydrogen-bond acceptors (Lipinski definition) is 3. The highest BCUT2D eigenvalue weighted by atomic mass is 32.1. The molecule has 0 N–H and O–H groups in total. The Bertz CT molecular complexity index is 686.